The van der Waals surface area contributed by atoms with Gasteiger partial charge < -0.3 is 25.2 Å². The zero-order chi connectivity index (χ0) is 26.1. The van der Waals surface area contributed by atoms with E-state index in [2.05, 4.69) is 24.8 Å². The number of aromatic carboxylic acids is 1. The van der Waals surface area contributed by atoms with E-state index in [9.17, 15) is 23.5 Å². The minimum Gasteiger partial charge on any atom is -0.477 e. The summed E-state index contributed by atoms with van der Waals surface area (Å²) >= 11 is 0.703. The number of β-amino-alcohol motifs (C(OH)–C–C–N with tert-alkyl or cyclic N) is 1. The molecule has 13 heteroatoms. The van der Waals surface area contributed by atoms with Crippen molar-refractivity contribution < 1.29 is 33.3 Å². The Bertz CT molecular complexity index is 1020. The van der Waals surface area contributed by atoms with Gasteiger partial charge in [-0.15, -0.1) is 0 Å². The predicted octanol–water partition coefficient (Wildman–Crippen LogP) is 2.52. The molecule has 36 heavy (non-hydrogen) atoms. The van der Waals surface area contributed by atoms with E-state index >= 15 is 0 Å². The molecule has 2 heterocycles. The van der Waals surface area contributed by atoms with Crippen LogP contribution < -0.4 is 15.4 Å². The number of carboxylic acid groups (broad SMARTS) is 1. The van der Waals surface area contributed by atoms with E-state index in [4.69, 9.17) is 9.84 Å². The first-order valence-corrected chi connectivity index (χ1v) is 12.5. The fraction of sp³-hybridized carbons (Fsp3) is 0.522. The molecule has 0 unspecified atom stereocenters. The highest BCUT2D eigenvalue weighted by atomic mass is 32.1. The number of ether oxygens (including phenoxy) is 1. The summed E-state index contributed by atoms with van der Waals surface area (Å²) in [7, 11) is 0. The summed E-state index contributed by atoms with van der Waals surface area (Å²) in [4.78, 5) is 28.5. The van der Waals surface area contributed by atoms with E-state index in [-0.39, 0.29) is 28.6 Å². The quantitative estimate of drug-likeness (QED) is 0.310. The van der Waals surface area contributed by atoms with Gasteiger partial charge in [0, 0.05) is 39.3 Å². The van der Waals surface area contributed by atoms with Crippen LogP contribution in [0.4, 0.5) is 18.6 Å². The molecular weight excluding hydrogens is 496 g/mol. The van der Waals surface area contributed by atoms with Crippen LogP contribution in [-0.4, -0.2) is 88.8 Å². The third-order valence-corrected chi connectivity index (χ3v) is 6.55. The molecule has 1 saturated heterocycles. The van der Waals surface area contributed by atoms with Gasteiger partial charge in [-0.3, -0.25) is 10.2 Å². The molecule has 4 N–H and O–H groups in total. The Hall–Kier alpha value is -2.87. The zero-order valence-corrected chi connectivity index (χ0v) is 20.9. The Morgan fingerprint density at radius 1 is 1.11 bits per heavy atom. The van der Waals surface area contributed by atoms with Gasteiger partial charge in [0.05, 0.1) is 12.2 Å². The molecule has 1 aromatic heterocycles. The second-order valence-electron chi connectivity index (χ2n) is 8.49. The van der Waals surface area contributed by atoms with Crippen molar-refractivity contribution in [2.75, 3.05) is 57.7 Å². The van der Waals surface area contributed by atoms with E-state index in [0.717, 1.165) is 57.7 Å². The molecule has 0 atom stereocenters. The number of urea groups is 1. The van der Waals surface area contributed by atoms with Gasteiger partial charge in [-0.25, -0.2) is 18.4 Å². The van der Waals surface area contributed by atoms with Crippen molar-refractivity contribution in [3.8, 4) is 5.88 Å². The molecule has 0 radical (unpaired) electrons. The number of nitrogens with zero attached hydrogens (tertiary/aromatic N) is 3. The molecule has 2 amide bonds. The van der Waals surface area contributed by atoms with Crippen LogP contribution in [0.3, 0.4) is 0 Å². The second kappa shape index (κ2) is 13.4. The Balaban J connectivity index is 1.43. The number of carbonyl (C=O) groups excluding carboxylic acids is 1. The van der Waals surface area contributed by atoms with Crippen LogP contribution in [0.1, 0.15) is 34.3 Å². The number of aliphatic hydroxyl groups is 1. The van der Waals surface area contributed by atoms with Crippen LogP contribution >= 0.6 is 11.5 Å². The Morgan fingerprint density at radius 2 is 1.75 bits per heavy atom. The number of aromatic nitrogens is 1. The van der Waals surface area contributed by atoms with Crippen LogP contribution in [0.2, 0.25) is 0 Å². The number of nitrogens with one attached hydrogen (secondary N) is 2. The fourth-order valence-electron chi connectivity index (χ4n) is 3.84. The summed E-state index contributed by atoms with van der Waals surface area (Å²) < 4.78 is 37.3. The van der Waals surface area contributed by atoms with E-state index < -0.39 is 30.2 Å². The molecule has 0 saturated carbocycles. The Labute approximate surface area is 212 Å². The van der Waals surface area contributed by atoms with Crippen molar-refractivity contribution in [3.63, 3.8) is 0 Å². The predicted molar refractivity (Wildman–Crippen MR) is 131 cm³/mol. The molecule has 0 spiro atoms. The first-order valence-electron chi connectivity index (χ1n) is 11.7. The summed E-state index contributed by atoms with van der Waals surface area (Å²) in [5, 5.41) is 23.7. The maximum absolute atomic E-state index is 14.0. The third-order valence-electron chi connectivity index (χ3n) is 5.81. The van der Waals surface area contributed by atoms with Gasteiger partial charge in [-0.2, -0.15) is 4.37 Å². The number of piperazine rings is 1. The van der Waals surface area contributed by atoms with Gasteiger partial charge >= 0.3 is 12.0 Å². The van der Waals surface area contributed by atoms with Crippen molar-refractivity contribution in [1.29, 1.82) is 0 Å². The number of rotatable bonds is 12. The van der Waals surface area contributed by atoms with Crippen LogP contribution in [0.25, 0.3) is 0 Å². The number of halogens is 2. The van der Waals surface area contributed by atoms with Gasteiger partial charge in [-0.05, 0) is 55.5 Å². The lowest BCUT2D eigenvalue weighted by Gasteiger charge is -2.34. The van der Waals surface area contributed by atoms with Gasteiger partial charge in [0.2, 0.25) is 5.88 Å². The molecule has 1 aliphatic rings. The smallest absolute Gasteiger partial charge is 0.344 e. The number of hydrogen-bond donors (Lipinski definition) is 4. The highest BCUT2D eigenvalue weighted by Crippen LogP contribution is 2.31. The number of aliphatic hydroxyl groups excluding tert-OH is 1. The summed E-state index contributed by atoms with van der Waals surface area (Å²) in [6.45, 7) is 6.96. The van der Waals surface area contributed by atoms with E-state index in [1.165, 1.54) is 0 Å². The van der Waals surface area contributed by atoms with Gasteiger partial charge in [0.1, 0.15) is 23.2 Å². The second-order valence-corrected chi connectivity index (χ2v) is 9.26. The van der Waals surface area contributed by atoms with E-state index in [0.29, 0.717) is 30.2 Å². The fourth-order valence-corrected chi connectivity index (χ4v) is 4.57. The molecule has 198 valence electrons. The number of hydrogen-bond acceptors (Lipinski definition) is 8. The first kappa shape index (κ1) is 27.7. The number of anilines is 1. The van der Waals surface area contributed by atoms with Crippen molar-refractivity contribution in [3.05, 3.63) is 40.5 Å². The molecular formula is C23H31F2N5O5S. The van der Waals surface area contributed by atoms with Gasteiger partial charge in [-0.1, -0.05) is 0 Å². The lowest BCUT2D eigenvalue weighted by atomic mass is 10.1. The topological polar surface area (TPSA) is 127 Å². The highest BCUT2D eigenvalue weighted by molar-refractivity contribution is 7.11. The SMILES string of the molecule is Cc1cc(F)c(COc2nsc(NC(=O)NCCCCN3CCN(CCO)CC3)c2C(=O)O)c(F)c1. The number of carboxylic acids is 1. The zero-order valence-electron chi connectivity index (χ0n) is 20.1. The number of carbonyl (C=O) groups is 2. The minimum absolute atomic E-state index is 0.0411. The highest BCUT2D eigenvalue weighted by Gasteiger charge is 2.24. The maximum Gasteiger partial charge on any atom is 0.344 e. The summed E-state index contributed by atoms with van der Waals surface area (Å²) in [6.07, 6.45) is 1.64. The molecule has 2 aromatic rings. The van der Waals surface area contributed by atoms with Gasteiger partial charge in [0.15, 0.2) is 5.56 Å². The largest absolute Gasteiger partial charge is 0.477 e. The Morgan fingerprint density at radius 3 is 2.36 bits per heavy atom. The Kier molecular flexibility index (Phi) is 10.3. The molecule has 1 fully saturated rings. The van der Waals surface area contributed by atoms with Crippen molar-refractivity contribution in [2.24, 2.45) is 0 Å². The molecule has 3 rings (SSSR count). The van der Waals surface area contributed by atoms with E-state index in [1.54, 1.807) is 6.92 Å². The third kappa shape index (κ3) is 7.82. The first-order chi connectivity index (χ1) is 17.3. The van der Waals surface area contributed by atoms with Crippen molar-refractivity contribution >= 4 is 28.5 Å². The molecule has 0 bridgehead atoms. The number of amides is 2. The van der Waals surface area contributed by atoms with Crippen molar-refractivity contribution in [2.45, 2.75) is 26.4 Å². The van der Waals surface area contributed by atoms with Crippen LogP contribution in [0, 0.1) is 18.6 Å². The standard InChI is InChI=1S/C23H31F2N5O5S/c1-15-12-17(24)16(18(25)13-15)14-35-20-19(22(32)33)21(36-28-20)27-23(34)26-4-2-3-5-29-6-8-30(9-7-29)10-11-31/h12-13,31H,2-11,14H2,1H3,(H,32,33)(H2,26,27,34). The summed E-state index contributed by atoms with van der Waals surface area (Å²) in [5.41, 5.74) is -0.323. The lowest BCUT2D eigenvalue weighted by Crippen LogP contribution is -2.47. The van der Waals surface area contributed by atoms with Gasteiger partial charge in [0.25, 0.3) is 0 Å². The van der Waals surface area contributed by atoms with Crippen LogP contribution in [-0.2, 0) is 6.61 Å². The van der Waals surface area contributed by atoms with Crippen LogP contribution in [0.5, 0.6) is 5.88 Å². The molecule has 0 aliphatic carbocycles. The number of unbranched alkanes of at least 4 members (excludes halogenated alkanes) is 1. The number of aryl methyl sites for hydroxylation is 1. The summed E-state index contributed by atoms with van der Waals surface area (Å²) in [6, 6.07) is 1.72. The summed E-state index contributed by atoms with van der Waals surface area (Å²) in [5.74, 6) is -3.33. The van der Waals surface area contributed by atoms with Crippen molar-refractivity contribution in [1.82, 2.24) is 19.5 Å². The monoisotopic (exact) mass is 527 g/mol. The van der Waals surface area contributed by atoms with Crippen LogP contribution in [0.15, 0.2) is 12.1 Å². The number of benzene rings is 1. The van der Waals surface area contributed by atoms with E-state index in [1.807, 2.05) is 0 Å². The molecule has 1 aromatic carbocycles. The average molecular weight is 528 g/mol. The normalized spacial score (nSPS) is 14.6. The maximum atomic E-state index is 14.0. The molecule has 10 nitrogen and oxygen atoms in total. The lowest BCUT2D eigenvalue weighted by molar-refractivity contribution is 0.0693. The minimum atomic E-state index is -1.39. The molecule has 1 aliphatic heterocycles. The average Bonchev–Trinajstić information content (AvgIpc) is 3.22.